The van der Waals surface area contributed by atoms with E-state index >= 15 is 0 Å². The van der Waals surface area contributed by atoms with Gasteiger partial charge in [0.25, 0.3) is 5.69 Å². The Labute approximate surface area is 208 Å². The predicted molar refractivity (Wildman–Crippen MR) is 135 cm³/mol. The Morgan fingerprint density at radius 2 is 1.75 bits per heavy atom. The van der Waals surface area contributed by atoms with Crippen molar-refractivity contribution < 1.29 is 19.2 Å². The zero-order valence-electron chi connectivity index (χ0n) is 20.6. The molecule has 5 rings (SSSR count). The number of nitrogens with zero attached hydrogens (tertiary/aromatic N) is 2. The van der Waals surface area contributed by atoms with E-state index in [0.717, 1.165) is 33.8 Å². The highest BCUT2D eigenvalue weighted by Crippen LogP contribution is 2.48. The average molecular weight is 484 g/mol. The summed E-state index contributed by atoms with van der Waals surface area (Å²) in [5.74, 6) is -1.26. The van der Waals surface area contributed by atoms with Crippen molar-refractivity contribution in [3.05, 3.63) is 109 Å². The topological polar surface area (TPSA) is 103 Å². The van der Waals surface area contributed by atoms with E-state index in [9.17, 15) is 19.7 Å². The third-order valence-electron chi connectivity index (χ3n) is 7.07. The van der Waals surface area contributed by atoms with Crippen LogP contribution in [0, 0.1) is 30.9 Å². The number of Topliss-reactive ketones (excluding diaryl/α,β-unsaturated/α-hetero) is 1. The number of carbonyl (C=O) groups is 2. The number of esters is 1. The molecule has 0 amide bonds. The van der Waals surface area contributed by atoms with Gasteiger partial charge in [-0.3, -0.25) is 14.9 Å². The molecule has 182 valence electrons. The number of dihydropyridines is 1. The van der Waals surface area contributed by atoms with Gasteiger partial charge in [0.2, 0.25) is 0 Å². The van der Waals surface area contributed by atoms with Gasteiger partial charge in [-0.05, 0) is 51.0 Å². The van der Waals surface area contributed by atoms with Gasteiger partial charge in [-0.1, -0.05) is 24.3 Å². The minimum Gasteiger partial charge on any atom is -0.466 e. The van der Waals surface area contributed by atoms with Crippen LogP contribution in [0.2, 0.25) is 0 Å². The number of nitro groups is 1. The molecule has 0 fully saturated rings. The lowest BCUT2D eigenvalue weighted by atomic mass is 9.79. The third kappa shape index (κ3) is 3.29. The first kappa shape index (κ1) is 23.3. The molecule has 8 heteroatoms. The maximum Gasteiger partial charge on any atom is 0.336 e. The summed E-state index contributed by atoms with van der Waals surface area (Å²) < 4.78 is 7.15. The average Bonchev–Trinajstić information content (AvgIpc) is 3.30. The summed E-state index contributed by atoms with van der Waals surface area (Å²) in [5.41, 5.74) is 7.73. The number of nitrogens with one attached hydrogen (secondary N) is 1. The van der Waals surface area contributed by atoms with E-state index in [1.165, 1.54) is 13.2 Å². The highest BCUT2D eigenvalue weighted by molar-refractivity contribution is 6.23. The van der Waals surface area contributed by atoms with Gasteiger partial charge >= 0.3 is 5.97 Å². The van der Waals surface area contributed by atoms with Crippen LogP contribution in [0.1, 0.15) is 51.3 Å². The number of ether oxygens (including phenoxy) is 1. The van der Waals surface area contributed by atoms with Crippen LogP contribution in [0.5, 0.6) is 0 Å². The van der Waals surface area contributed by atoms with Crippen molar-refractivity contribution in [1.82, 2.24) is 9.88 Å². The van der Waals surface area contributed by atoms with Gasteiger partial charge in [-0.15, -0.1) is 0 Å². The summed E-state index contributed by atoms with van der Waals surface area (Å²) in [7, 11) is 1.33. The molecule has 0 saturated heterocycles. The normalized spacial score (nSPS) is 16.6. The lowest BCUT2D eigenvalue weighted by molar-refractivity contribution is -0.384. The van der Waals surface area contributed by atoms with Gasteiger partial charge in [-0.2, -0.15) is 0 Å². The number of fused-ring (bicyclic) bond motifs is 2. The highest BCUT2D eigenvalue weighted by atomic mass is 16.6. The van der Waals surface area contributed by atoms with Crippen LogP contribution in [-0.2, 0) is 9.53 Å². The molecule has 0 bridgehead atoms. The summed E-state index contributed by atoms with van der Waals surface area (Å²) >= 11 is 0. The van der Waals surface area contributed by atoms with Gasteiger partial charge < -0.3 is 14.6 Å². The van der Waals surface area contributed by atoms with Crippen molar-refractivity contribution in [2.75, 3.05) is 7.11 Å². The van der Waals surface area contributed by atoms with Crippen molar-refractivity contribution in [1.29, 1.82) is 0 Å². The number of carbonyl (C=O) groups excluding carboxylic acids is 2. The molecule has 1 N–H and O–H groups in total. The zero-order chi connectivity index (χ0) is 25.9. The van der Waals surface area contributed by atoms with Gasteiger partial charge in [0.05, 0.1) is 29.2 Å². The zero-order valence-corrected chi connectivity index (χ0v) is 20.6. The van der Waals surface area contributed by atoms with Crippen molar-refractivity contribution >= 4 is 23.1 Å². The Morgan fingerprint density at radius 3 is 2.39 bits per heavy atom. The number of benzene rings is 2. The summed E-state index contributed by atoms with van der Waals surface area (Å²) in [4.78, 5) is 37.5. The molecular weight excluding hydrogens is 458 g/mol. The van der Waals surface area contributed by atoms with Gasteiger partial charge in [0, 0.05) is 51.6 Å². The number of hydrogen-bond acceptors (Lipinski definition) is 6. The molecule has 8 nitrogen and oxygen atoms in total. The number of aryl methyl sites for hydroxylation is 2. The molecule has 2 heterocycles. The molecule has 2 aromatic carbocycles. The fourth-order valence-electron chi connectivity index (χ4n) is 5.48. The SMILES string of the molecule is COC(=O)C1=C(C)NC2=C(C(=O)c3ccccc32)[C@@H]1c1cc(C)n(-c2ccc([N+](=O)[O-])cc2C)c1C. The Hall–Kier alpha value is -4.46. The van der Waals surface area contributed by atoms with Crippen molar-refractivity contribution in [3.8, 4) is 5.69 Å². The fourth-order valence-corrected chi connectivity index (χ4v) is 5.48. The monoisotopic (exact) mass is 483 g/mol. The molecule has 2 aliphatic rings. The van der Waals surface area contributed by atoms with Crippen molar-refractivity contribution in [3.63, 3.8) is 0 Å². The number of allylic oxidation sites excluding steroid dienone is 2. The number of aromatic nitrogens is 1. The standard InChI is InChI=1S/C28H25N3O5/c1-14-12-18(31(34)35)10-11-22(14)30-15(2)13-21(17(30)4)24-23(28(33)36-5)16(3)29-26-19-8-6-7-9-20(19)27(32)25(24)26/h6-13,24,29H,1-5H3/t24-/m1/s1. The first-order chi connectivity index (χ1) is 17.1. The molecule has 1 aliphatic carbocycles. The maximum atomic E-state index is 13.7. The quantitative estimate of drug-likeness (QED) is 0.316. The van der Waals surface area contributed by atoms with Crippen LogP contribution in [0.15, 0.2) is 65.4 Å². The predicted octanol–water partition coefficient (Wildman–Crippen LogP) is 5.05. The number of ketones is 1. The molecule has 0 radical (unpaired) electrons. The summed E-state index contributed by atoms with van der Waals surface area (Å²) in [6, 6.07) is 14.1. The second-order valence-corrected chi connectivity index (χ2v) is 9.14. The smallest absolute Gasteiger partial charge is 0.336 e. The Morgan fingerprint density at radius 1 is 1.06 bits per heavy atom. The summed E-state index contributed by atoms with van der Waals surface area (Å²) in [6.07, 6.45) is 0. The highest BCUT2D eigenvalue weighted by Gasteiger charge is 2.44. The van der Waals surface area contributed by atoms with Gasteiger partial charge in [0.15, 0.2) is 5.78 Å². The van der Waals surface area contributed by atoms with Gasteiger partial charge in [-0.25, -0.2) is 4.79 Å². The Kier molecular flexibility index (Phi) is 5.39. The second-order valence-electron chi connectivity index (χ2n) is 9.14. The lowest BCUT2D eigenvalue weighted by Crippen LogP contribution is -2.29. The molecule has 1 atom stereocenters. The summed E-state index contributed by atoms with van der Waals surface area (Å²) in [6.45, 7) is 7.51. The van der Waals surface area contributed by atoms with E-state index < -0.39 is 16.8 Å². The summed E-state index contributed by atoms with van der Waals surface area (Å²) in [5, 5.41) is 14.5. The first-order valence-corrected chi connectivity index (χ1v) is 11.5. The number of hydrogen-bond donors (Lipinski definition) is 1. The minimum absolute atomic E-state index is 0.0212. The van der Waals surface area contributed by atoms with Gasteiger partial charge in [0.1, 0.15) is 0 Å². The lowest BCUT2D eigenvalue weighted by Gasteiger charge is -2.29. The van der Waals surface area contributed by atoms with E-state index in [1.54, 1.807) is 18.2 Å². The third-order valence-corrected chi connectivity index (χ3v) is 7.07. The van der Waals surface area contributed by atoms with Crippen molar-refractivity contribution in [2.45, 2.75) is 33.6 Å². The Balaban J connectivity index is 1.74. The number of methoxy groups -OCH3 is 1. The number of non-ortho nitro benzene ring substituents is 1. The molecule has 1 aromatic heterocycles. The maximum absolute atomic E-state index is 13.7. The van der Waals surface area contributed by atoms with Crippen molar-refractivity contribution in [2.24, 2.45) is 0 Å². The number of rotatable bonds is 4. The second kappa shape index (κ2) is 8.34. The Bertz CT molecular complexity index is 1560. The van der Waals surface area contributed by atoms with Crippen LogP contribution < -0.4 is 5.32 Å². The van der Waals surface area contributed by atoms with E-state index in [2.05, 4.69) is 5.32 Å². The molecular formula is C28H25N3O5. The molecule has 0 spiro atoms. The van der Waals surface area contributed by atoms with Crippen LogP contribution in [0.4, 0.5) is 5.69 Å². The molecule has 0 saturated carbocycles. The van der Waals surface area contributed by atoms with Crippen LogP contribution in [0.25, 0.3) is 11.4 Å². The minimum atomic E-state index is -0.632. The van der Waals surface area contributed by atoms with E-state index in [1.807, 2.05) is 56.5 Å². The molecule has 1 aliphatic heterocycles. The number of nitro benzene ring substituents is 1. The van der Waals surface area contributed by atoms with E-state index in [-0.39, 0.29) is 11.5 Å². The first-order valence-electron chi connectivity index (χ1n) is 11.5. The van der Waals surface area contributed by atoms with E-state index in [4.69, 9.17) is 4.74 Å². The van der Waals surface area contributed by atoms with Crippen LogP contribution >= 0.6 is 0 Å². The van der Waals surface area contributed by atoms with Crippen LogP contribution in [0.3, 0.4) is 0 Å². The molecule has 3 aromatic rings. The fraction of sp³-hybridized carbons (Fsp3) is 0.214. The van der Waals surface area contributed by atoms with E-state index in [0.29, 0.717) is 28.1 Å². The molecule has 36 heavy (non-hydrogen) atoms. The molecule has 0 unspecified atom stereocenters. The largest absolute Gasteiger partial charge is 0.466 e. The van der Waals surface area contributed by atoms with Crippen LogP contribution in [-0.4, -0.2) is 28.4 Å².